The molecule has 0 spiro atoms. The summed E-state index contributed by atoms with van der Waals surface area (Å²) in [6.45, 7) is 1.27. The van der Waals surface area contributed by atoms with Crippen LogP contribution < -0.4 is 0 Å². The van der Waals surface area contributed by atoms with Crippen molar-refractivity contribution in [3.8, 4) is 6.07 Å². The Morgan fingerprint density at radius 1 is 1.78 bits per heavy atom. The van der Waals surface area contributed by atoms with E-state index in [2.05, 4.69) is 0 Å². The highest BCUT2D eigenvalue weighted by molar-refractivity contribution is 5.73. The molecule has 4 nitrogen and oxygen atoms in total. The van der Waals surface area contributed by atoms with Gasteiger partial charge >= 0.3 is 5.97 Å². The summed E-state index contributed by atoms with van der Waals surface area (Å²) >= 11 is 0. The van der Waals surface area contributed by atoms with Gasteiger partial charge in [0.25, 0.3) is 0 Å². The SMILES string of the molecule is CC(O)[C@@H](C#N)C(=O)O. The van der Waals surface area contributed by atoms with E-state index >= 15 is 0 Å². The fourth-order valence-corrected chi connectivity index (χ4v) is 0.369. The summed E-state index contributed by atoms with van der Waals surface area (Å²) in [5.41, 5.74) is 0. The molecule has 0 aromatic heterocycles. The smallest absolute Gasteiger partial charge is 0.323 e. The van der Waals surface area contributed by atoms with Crippen molar-refractivity contribution in [3.63, 3.8) is 0 Å². The van der Waals surface area contributed by atoms with E-state index in [0.29, 0.717) is 0 Å². The van der Waals surface area contributed by atoms with Crippen molar-refractivity contribution >= 4 is 5.97 Å². The van der Waals surface area contributed by atoms with E-state index in [1.807, 2.05) is 0 Å². The largest absolute Gasteiger partial charge is 0.480 e. The molecule has 0 bridgehead atoms. The van der Waals surface area contributed by atoms with E-state index in [4.69, 9.17) is 15.5 Å². The quantitative estimate of drug-likeness (QED) is 0.531. The van der Waals surface area contributed by atoms with Crippen LogP contribution in [0.1, 0.15) is 6.92 Å². The molecule has 1 unspecified atom stereocenters. The number of carbonyl (C=O) groups is 1. The first kappa shape index (κ1) is 7.92. The first-order valence-corrected chi connectivity index (χ1v) is 2.40. The molecule has 0 fully saturated rings. The highest BCUT2D eigenvalue weighted by atomic mass is 16.4. The molecular weight excluding hydrogens is 122 g/mol. The van der Waals surface area contributed by atoms with Gasteiger partial charge in [-0.15, -0.1) is 0 Å². The van der Waals surface area contributed by atoms with Crippen molar-refractivity contribution in [2.24, 2.45) is 5.92 Å². The number of hydrogen-bond donors (Lipinski definition) is 2. The van der Waals surface area contributed by atoms with Gasteiger partial charge in [0.05, 0.1) is 12.2 Å². The minimum Gasteiger partial charge on any atom is -0.480 e. The molecule has 4 heteroatoms. The summed E-state index contributed by atoms with van der Waals surface area (Å²) in [7, 11) is 0. The van der Waals surface area contributed by atoms with Gasteiger partial charge in [-0.25, -0.2) is 0 Å². The first-order chi connectivity index (χ1) is 4.09. The number of aliphatic hydroxyl groups excluding tert-OH is 1. The van der Waals surface area contributed by atoms with E-state index in [9.17, 15) is 4.79 Å². The first-order valence-electron chi connectivity index (χ1n) is 2.40. The predicted molar refractivity (Wildman–Crippen MR) is 28.4 cm³/mol. The van der Waals surface area contributed by atoms with Gasteiger partial charge in [-0.3, -0.25) is 4.79 Å². The summed E-state index contributed by atoms with van der Waals surface area (Å²) in [5, 5.41) is 24.8. The van der Waals surface area contributed by atoms with E-state index in [0.717, 1.165) is 0 Å². The zero-order valence-corrected chi connectivity index (χ0v) is 4.90. The molecule has 0 amide bonds. The highest BCUT2D eigenvalue weighted by Crippen LogP contribution is 2.00. The van der Waals surface area contributed by atoms with Gasteiger partial charge in [-0.1, -0.05) is 0 Å². The van der Waals surface area contributed by atoms with Gasteiger partial charge in [0.15, 0.2) is 5.92 Å². The van der Waals surface area contributed by atoms with Crippen LogP contribution in [0.15, 0.2) is 0 Å². The minimum absolute atomic E-state index is 1.10. The number of nitrogens with zero attached hydrogens (tertiary/aromatic N) is 1. The molecule has 2 N–H and O–H groups in total. The fourth-order valence-electron chi connectivity index (χ4n) is 0.369. The maximum absolute atomic E-state index is 9.99. The number of carboxylic acid groups (broad SMARTS) is 1. The Labute approximate surface area is 52.3 Å². The molecule has 0 aliphatic rings. The van der Waals surface area contributed by atoms with Gasteiger partial charge < -0.3 is 10.2 Å². The maximum atomic E-state index is 9.99. The van der Waals surface area contributed by atoms with Crippen molar-refractivity contribution in [2.75, 3.05) is 0 Å². The molecule has 0 aromatic carbocycles. The zero-order chi connectivity index (χ0) is 7.44. The van der Waals surface area contributed by atoms with Gasteiger partial charge in [0.1, 0.15) is 0 Å². The molecule has 0 saturated carbocycles. The molecule has 0 radical (unpaired) electrons. The van der Waals surface area contributed by atoms with E-state index in [1.54, 1.807) is 0 Å². The number of carboxylic acids is 1. The Hall–Kier alpha value is -1.08. The number of hydrogen-bond acceptors (Lipinski definition) is 3. The molecule has 0 aliphatic heterocycles. The Balaban J connectivity index is 4.04. The molecule has 0 heterocycles. The van der Waals surface area contributed by atoms with E-state index in [-0.39, 0.29) is 0 Å². The summed E-state index contributed by atoms with van der Waals surface area (Å²) < 4.78 is 0. The number of aliphatic carboxylic acids is 1. The van der Waals surface area contributed by atoms with Gasteiger partial charge in [-0.05, 0) is 6.92 Å². The zero-order valence-electron chi connectivity index (χ0n) is 4.90. The second kappa shape index (κ2) is 3.05. The average molecular weight is 129 g/mol. The van der Waals surface area contributed by atoms with Crippen LogP contribution in [0.2, 0.25) is 0 Å². The van der Waals surface area contributed by atoms with Crippen LogP contribution >= 0.6 is 0 Å². The molecule has 50 valence electrons. The van der Waals surface area contributed by atoms with Crippen molar-refractivity contribution in [3.05, 3.63) is 0 Å². The van der Waals surface area contributed by atoms with Crippen LogP contribution in [-0.2, 0) is 4.79 Å². The summed E-state index contributed by atoms with van der Waals surface area (Å²) in [4.78, 5) is 9.99. The van der Waals surface area contributed by atoms with Gasteiger partial charge in [-0.2, -0.15) is 5.26 Å². The van der Waals surface area contributed by atoms with Crippen molar-refractivity contribution < 1.29 is 15.0 Å². The minimum atomic E-state index is -1.30. The normalized spacial score (nSPS) is 15.7. The second-order valence-electron chi connectivity index (χ2n) is 1.69. The van der Waals surface area contributed by atoms with Gasteiger partial charge in [0, 0.05) is 0 Å². The lowest BCUT2D eigenvalue weighted by Gasteiger charge is -2.04. The van der Waals surface area contributed by atoms with Crippen LogP contribution in [0.4, 0.5) is 0 Å². The third-order valence-electron chi connectivity index (χ3n) is 0.888. The van der Waals surface area contributed by atoms with Gasteiger partial charge in [0.2, 0.25) is 0 Å². The van der Waals surface area contributed by atoms with Crippen LogP contribution in [-0.4, -0.2) is 22.3 Å². The van der Waals surface area contributed by atoms with Crippen molar-refractivity contribution in [1.82, 2.24) is 0 Å². The highest BCUT2D eigenvalue weighted by Gasteiger charge is 2.21. The number of aliphatic hydroxyl groups is 1. The fraction of sp³-hybridized carbons (Fsp3) is 0.600. The van der Waals surface area contributed by atoms with Crippen LogP contribution in [0.3, 0.4) is 0 Å². The number of nitriles is 1. The standard InChI is InChI=1S/C5H7NO3/c1-3(7)4(2-6)5(8)9/h3-4,7H,1H3,(H,8,9)/t3?,4-/m1/s1. The molecule has 0 saturated heterocycles. The third-order valence-corrected chi connectivity index (χ3v) is 0.888. The molecule has 0 aliphatic carbocycles. The Bertz CT molecular complexity index is 147. The molecule has 2 atom stereocenters. The molecule has 0 aromatic rings. The topological polar surface area (TPSA) is 81.3 Å². The average Bonchev–Trinajstić information content (AvgIpc) is 1.64. The Morgan fingerprint density at radius 2 is 2.22 bits per heavy atom. The number of rotatable bonds is 2. The molecular formula is C5H7NO3. The summed E-state index contributed by atoms with van der Waals surface area (Å²) in [6.07, 6.45) is -1.10. The van der Waals surface area contributed by atoms with Crippen LogP contribution in [0.25, 0.3) is 0 Å². The predicted octanol–water partition coefficient (Wildman–Crippen LogP) is -0.408. The van der Waals surface area contributed by atoms with Crippen molar-refractivity contribution in [1.29, 1.82) is 5.26 Å². The lowest BCUT2D eigenvalue weighted by molar-refractivity contribution is -0.142. The third kappa shape index (κ3) is 2.11. The summed E-state index contributed by atoms with van der Waals surface area (Å²) in [5.74, 6) is -2.59. The molecule has 0 rings (SSSR count). The Kier molecular flexibility index (Phi) is 2.68. The van der Waals surface area contributed by atoms with Crippen molar-refractivity contribution in [2.45, 2.75) is 13.0 Å². The second-order valence-corrected chi connectivity index (χ2v) is 1.69. The summed E-state index contributed by atoms with van der Waals surface area (Å²) in [6, 6.07) is 1.45. The van der Waals surface area contributed by atoms with Crippen LogP contribution in [0, 0.1) is 17.2 Å². The van der Waals surface area contributed by atoms with E-state index in [1.165, 1.54) is 13.0 Å². The van der Waals surface area contributed by atoms with E-state index < -0.39 is 18.0 Å². The monoisotopic (exact) mass is 129 g/mol. The lowest BCUT2D eigenvalue weighted by Crippen LogP contribution is -2.23. The lowest BCUT2D eigenvalue weighted by atomic mass is 10.1. The van der Waals surface area contributed by atoms with Crippen LogP contribution in [0.5, 0.6) is 0 Å². The Morgan fingerprint density at radius 3 is 2.22 bits per heavy atom. The molecule has 9 heavy (non-hydrogen) atoms. The maximum Gasteiger partial charge on any atom is 0.323 e.